The molecule has 1 aliphatic carbocycles. The van der Waals surface area contributed by atoms with E-state index in [-0.39, 0.29) is 5.41 Å². The van der Waals surface area contributed by atoms with Gasteiger partial charge in [-0.2, -0.15) is 11.3 Å². The van der Waals surface area contributed by atoms with E-state index in [4.69, 9.17) is 0 Å². The summed E-state index contributed by atoms with van der Waals surface area (Å²) in [6, 6.07) is 0. The van der Waals surface area contributed by atoms with Crippen molar-refractivity contribution in [2.45, 2.75) is 32.3 Å². The Morgan fingerprint density at radius 3 is 2.47 bits per heavy atom. The van der Waals surface area contributed by atoms with E-state index in [0.717, 1.165) is 22.9 Å². The SMILES string of the molecule is CC1(C)C=CC(O)(c2cscc2Br)CC1. The van der Waals surface area contributed by atoms with Crippen LogP contribution >= 0.6 is 27.3 Å². The van der Waals surface area contributed by atoms with Crippen LogP contribution in [0, 0.1) is 5.41 Å². The van der Waals surface area contributed by atoms with Gasteiger partial charge < -0.3 is 5.11 Å². The number of thiophene rings is 1. The largest absolute Gasteiger partial charge is 0.381 e. The Kier molecular flexibility index (Phi) is 2.82. The van der Waals surface area contributed by atoms with Crippen molar-refractivity contribution in [2.75, 3.05) is 0 Å². The summed E-state index contributed by atoms with van der Waals surface area (Å²) in [7, 11) is 0. The lowest BCUT2D eigenvalue weighted by Gasteiger charge is -2.34. The molecule has 1 heterocycles. The summed E-state index contributed by atoms with van der Waals surface area (Å²) in [5.74, 6) is 0. The van der Waals surface area contributed by atoms with Crippen LogP contribution in [-0.2, 0) is 5.60 Å². The molecule has 15 heavy (non-hydrogen) atoms. The number of rotatable bonds is 1. The molecule has 0 radical (unpaired) electrons. The fourth-order valence-corrected chi connectivity index (χ4v) is 3.57. The predicted molar refractivity (Wildman–Crippen MR) is 68.1 cm³/mol. The van der Waals surface area contributed by atoms with Crippen LogP contribution in [0.4, 0.5) is 0 Å². The first-order valence-electron chi connectivity index (χ1n) is 5.08. The van der Waals surface area contributed by atoms with Crippen LogP contribution in [0.25, 0.3) is 0 Å². The minimum absolute atomic E-state index is 0.217. The molecule has 82 valence electrons. The molecule has 0 spiro atoms. The van der Waals surface area contributed by atoms with Crippen LogP contribution in [0.5, 0.6) is 0 Å². The molecule has 0 aromatic carbocycles. The van der Waals surface area contributed by atoms with Gasteiger partial charge in [0.15, 0.2) is 0 Å². The van der Waals surface area contributed by atoms with Crippen molar-refractivity contribution >= 4 is 27.3 Å². The number of hydrogen-bond acceptors (Lipinski definition) is 2. The van der Waals surface area contributed by atoms with Gasteiger partial charge in [0.25, 0.3) is 0 Å². The van der Waals surface area contributed by atoms with Crippen LogP contribution in [0.15, 0.2) is 27.4 Å². The Bertz CT molecular complexity index is 394. The average Bonchev–Trinajstić information content (AvgIpc) is 2.58. The first-order valence-corrected chi connectivity index (χ1v) is 6.81. The Hall–Kier alpha value is -0.120. The fourth-order valence-electron chi connectivity index (χ4n) is 1.86. The molecule has 0 saturated carbocycles. The van der Waals surface area contributed by atoms with E-state index >= 15 is 0 Å². The van der Waals surface area contributed by atoms with E-state index in [9.17, 15) is 5.11 Å². The van der Waals surface area contributed by atoms with E-state index < -0.39 is 5.60 Å². The van der Waals surface area contributed by atoms with Gasteiger partial charge in [-0.15, -0.1) is 0 Å². The zero-order valence-electron chi connectivity index (χ0n) is 8.96. The summed E-state index contributed by atoms with van der Waals surface area (Å²) < 4.78 is 1.01. The average molecular weight is 287 g/mol. The molecule has 0 fully saturated rings. The summed E-state index contributed by atoms with van der Waals surface area (Å²) in [6.45, 7) is 4.40. The smallest absolute Gasteiger partial charge is 0.110 e. The number of hydrogen-bond donors (Lipinski definition) is 1. The van der Waals surface area contributed by atoms with Gasteiger partial charge in [0.1, 0.15) is 5.60 Å². The molecule has 1 aromatic heterocycles. The second-order valence-corrected chi connectivity index (χ2v) is 6.48. The van der Waals surface area contributed by atoms with E-state index in [1.165, 1.54) is 0 Å². The van der Waals surface area contributed by atoms with Crippen molar-refractivity contribution in [2.24, 2.45) is 5.41 Å². The second-order valence-electron chi connectivity index (χ2n) is 4.88. The van der Waals surface area contributed by atoms with Crippen LogP contribution in [-0.4, -0.2) is 5.11 Å². The quantitative estimate of drug-likeness (QED) is 0.772. The lowest BCUT2D eigenvalue weighted by atomic mass is 9.75. The zero-order valence-corrected chi connectivity index (χ0v) is 11.4. The van der Waals surface area contributed by atoms with Crippen LogP contribution in [0.3, 0.4) is 0 Å². The molecule has 1 atom stereocenters. The molecule has 0 saturated heterocycles. The second kappa shape index (κ2) is 3.72. The lowest BCUT2D eigenvalue weighted by molar-refractivity contribution is 0.0579. The molecule has 3 heteroatoms. The van der Waals surface area contributed by atoms with Gasteiger partial charge in [-0.3, -0.25) is 0 Å². The molecule has 1 aliphatic rings. The third kappa shape index (κ3) is 2.19. The molecule has 2 rings (SSSR count). The van der Waals surface area contributed by atoms with Crippen LogP contribution in [0.1, 0.15) is 32.3 Å². The van der Waals surface area contributed by atoms with E-state index in [1.807, 2.05) is 16.8 Å². The standard InChI is InChI=1S/C12H15BrOS/c1-11(2)3-5-12(14,6-4-11)9-7-15-8-10(9)13/h3,5,7-8,14H,4,6H2,1-2H3. The number of halogens is 1. The highest BCUT2D eigenvalue weighted by Gasteiger charge is 2.34. The summed E-state index contributed by atoms with van der Waals surface area (Å²) in [5.41, 5.74) is 0.447. The maximum atomic E-state index is 10.5. The van der Waals surface area contributed by atoms with Gasteiger partial charge in [-0.25, -0.2) is 0 Å². The van der Waals surface area contributed by atoms with E-state index in [0.29, 0.717) is 0 Å². The van der Waals surface area contributed by atoms with Crippen molar-refractivity contribution in [3.8, 4) is 0 Å². The molecule has 1 aromatic rings. The van der Waals surface area contributed by atoms with Crippen molar-refractivity contribution in [3.05, 3.63) is 32.9 Å². The number of aliphatic hydroxyl groups is 1. The highest BCUT2D eigenvalue weighted by atomic mass is 79.9. The van der Waals surface area contributed by atoms with Gasteiger partial charge in [-0.05, 0) is 39.6 Å². The van der Waals surface area contributed by atoms with E-state index in [1.54, 1.807) is 11.3 Å². The van der Waals surface area contributed by atoms with E-state index in [2.05, 4.69) is 35.9 Å². The van der Waals surface area contributed by atoms with Crippen molar-refractivity contribution in [1.29, 1.82) is 0 Å². The maximum absolute atomic E-state index is 10.5. The third-order valence-electron chi connectivity index (χ3n) is 3.04. The van der Waals surface area contributed by atoms with Crippen molar-refractivity contribution < 1.29 is 5.11 Å². The van der Waals surface area contributed by atoms with Gasteiger partial charge in [0.05, 0.1) is 0 Å². The summed E-state index contributed by atoms with van der Waals surface area (Å²) in [4.78, 5) is 0. The van der Waals surface area contributed by atoms with Crippen molar-refractivity contribution in [1.82, 2.24) is 0 Å². The molecule has 0 amide bonds. The van der Waals surface area contributed by atoms with Gasteiger partial charge >= 0.3 is 0 Å². The van der Waals surface area contributed by atoms with Gasteiger partial charge in [-0.1, -0.05) is 26.0 Å². The molecule has 0 bridgehead atoms. The minimum Gasteiger partial charge on any atom is -0.381 e. The Labute approximate surface area is 103 Å². The molecule has 1 nitrogen and oxygen atoms in total. The lowest BCUT2D eigenvalue weighted by Crippen LogP contribution is -2.29. The molecule has 0 aliphatic heterocycles. The predicted octanol–water partition coefficient (Wildman–Crippen LogP) is 4.07. The third-order valence-corrected chi connectivity index (χ3v) is 4.74. The normalized spacial score (nSPS) is 29.3. The van der Waals surface area contributed by atoms with Gasteiger partial charge in [0.2, 0.25) is 0 Å². The molecular weight excluding hydrogens is 272 g/mol. The highest BCUT2D eigenvalue weighted by molar-refractivity contribution is 9.10. The molecular formula is C12H15BrOS. The fraction of sp³-hybridized carbons (Fsp3) is 0.500. The topological polar surface area (TPSA) is 20.2 Å². The monoisotopic (exact) mass is 286 g/mol. The zero-order chi connectivity index (χ0) is 11.1. The summed E-state index contributed by atoms with van der Waals surface area (Å²) in [6.07, 6.45) is 5.89. The first-order chi connectivity index (χ1) is 6.93. The van der Waals surface area contributed by atoms with Crippen LogP contribution < -0.4 is 0 Å². The maximum Gasteiger partial charge on any atom is 0.110 e. The number of allylic oxidation sites excluding steroid dienone is 1. The molecule has 1 unspecified atom stereocenters. The Balaban J connectivity index is 2.35. The highest BCUT2D eigenvalue weighted by Crippen LogP contribution is 2.43. The summed E-state index contributed by atoms with van der Waals surface area (Å²) >= 11 is 5.10. The Morgan fingerprint density at radius 1 is 1.27 bits per heavy atom. The molecule has 1 N–H and O–H groups in total. The minimum atomic E-state index is -0.769. The summed E-state index contributed by atoms with van der Waals surface area (Å²) in [5, 5.41) is 14.6. The van der Waals surface area contributed by atoms with Crippen molar-refractivity contribution in [3.63, 3.8) is 0 Å². The Morgan fingerprint density at radius 2 is 2.00 bits per heavy atom. The van der Waals surface area contributed by atoms with Gasteiger partial charge in [0, 0.05) is 15.4 Å². The van der Waals surface area contributed by atoms with Crippen LogP contribution in [0.2, 0.25) is 0 Å². The first kappa shape index (κ1) is 11.4.